The smallest absolute Gasteiger partial charge is 0.223 e. The minimum absolute atomic E-state index is 0.0408. The lowest BCUT2D eigenvalue weighted by molar-refractivity contribution is 0.661. The molecule has 0 unspecified atom stereocenters. The van der Waals surface area contributed by atoms with Crippen LogP contribution in [0.5, 0.6) is 0 Å². The van der Waals surface area contributed by atoms with Gasteiger partial charge in [-0.25, -0.2) is 14.4 Å². The molecule has 0 aliphatic heterocycles. The average molecular weight is 438 g/mol. The first-order valence-corrected chi connectivity index (χ1v) is 11.7. The summed E-state index contributed by atoms with van der Waals surface area (Å²) in [5, 5.41) is 0. The van der Waals surface area contributed by atoms with E-state index in [0.717, 1.165) is 44.7 Å². The van der Waals surface area contributed by atoms with E-state index in [4.69, 9.17) is 9.97 Å². The lowest BCUT2D eigenvalue weighted by Gasteiger charge is -2.21. The Morgan fingerprint density at radius 2 is 1.29 bits per heavy atom. The standard InChI is InChI=1S/C29H19N5/c1-29(2)17-9-4-3-8-16(17)24-18(29)14-15-21-25(24)31-28-33(21)23-13-7-12-22-26(23)34(28)27-30-19-10-5-6-11-20(19)32(22)27/h3-15H,1-2H3. The van der Waals surface area contributed by atoms with Gasteiger partial charge in [0.05, 0.1) is 33.1 Å². The summed E-state index contributed by atoms with van der Waals surface area (Å²) in [6.07, 6.45) is 0. The van der Waals surface area contributed by atoms with Crippen LogP contribution in [0.4, 0.5) is 0 Å². The summed E-state index contributed by atoms with van der Waals surface area (Å²) in [7, 11) is 0. The Balaban J connectivity index is 1.54. The topological polar surface area (TPSA) is 39.0 Å². The summed E-state index contributed by atoms with van der Waals surface area (Å²) < 4.78 is 6.81. The zero-order chi connectivity index (χ0) is 22.3. The predicted molar refractivity (Wildman–Crippen MR) is 136 cm³/mol. The van der Waals surface area contributed by atoms with Crippen LogP contribution in [0.25, 0.3) is 61.3 Å². The molecule has 9 rings (SSSR count). The molecule has 0 atom stereocenters. The maximum Gasteiger partial charge on any atom is 0.223 e. The summed E-state index contributed by atoms with van der Waals surface area (Å²) in [6.45, 7) is 4.63. The molecule has 8 aromatic rings. The molecule has 4 heterocycles. The van der Waals surface area contributed by atoms with E-state index in [2.05, 4.69) is 99.8 Å². The second-order valence-corrected chi connectivity index (χ2v) is 9.99. The van der Waals surface area contributed by atoms with Gasteiger partial charge in [0.2, 0.25) is 11.6 Å². The zero-order valence-corrected chi connectivity index (χ0v) is 18.7. The fraction of sp³-hybridized carbons (Fsp3) is 0.103. The van der Waals surface area contributed by atoms with E-state index in [-0.39, 0.29) is 5.41 Å². The number of rotatable bonds is 0. The summed E-state index contributed by atoms with van der Waals surface area (Å²) in [5.41, 5.74) is 13.1. The van der Waals surface area contributed by atoms with Gasteiger partial charge in [-0.1, -0.05) is 62.4 Å². The zero-order valence-electron chi connectivity index (χ0n) is 18.7. The van der Waals surface area contributed by atoms with Gasteiger partial charge in [0.1, 0.15) is 5.52 Å². The van der Waals surface area contributed by atoms with Crippen molar-refractivity contribution in [3.05, 3.63) is 90.0 Å². The Labute approximate surface area is 193 Å². The van der Waals surface area contributed by atoms with Crippen molar-refractivity contribution < 1.29 is 0 Å². The highest BCUT2D eigenvalue weighted by Crippen LogP contribution is 2.51. The van der Waals surface area contributed by atoms with Gasteiger partial charge in [0, 0.05) is 11.0 Å². The fourth-order valence-corrected chi connectivity index (χ4v) is 6.50. The normalized spacial score (nSPS) is 15.0. The number of imidazole rings is 4. The molecule has 4 aromatic heterocycles. The Kier molecular flexibility index (Phi) is 2.64. The van der Waals surface area contributed by atoms with Gasteiger partial charge >= 0.3 is 0 Å². The van der Waals surface area contributed by atoms with Crippen molar-refractivity contribution in [2.45, 2.75) is 19.3 Å². The van der Waals surface area contributed by atoms with Crippen LogP contribution in [-0.2, 0) is 5.41 Å². The lowest BCUT2D eigenvalue weighted by atomic mass is 9.82. The largest absolute Gasteiger partial charge is 0.276 e. The van der Waals surface area contributed by atoms with E-state index in [1.54, 1.807) is 0 Å². The van der Waals surface area contributed by atoms with Crippen LogP contribution in [0.1, 0.15) is 25.0 Å². The van der Waals surface area contributed by atoms with E-state index >= 15 is 0 Å². The van der Waals surface area contributed by atoms with Crippen molar-refractivity contribution in [3.63, 3.8) is 0 Å². The van der Waals surface area contributed by atoms with E-state index in [0.29, 0.717) is 0 Å². The molecule has 5 heteroatoms. The van der Waals surface area contributed by atoms with E-state index in [1.807, 2.05) is 6.07 Å². The van der Waals surface area contributed by atoms with Crippen LogP contribution in [0.3, 0.4) is 0 Å². The summed E-state index contributed by atoms with van der Waals surface area (Å²) in [6, 6.07) is 28.2. The van der Waals surface area contributed by atoms with Crippen molar-refractivity contribution in [2.24, 2.45) is 0 Å². The van der Waals surface area contributed by atoms with Crippen LogP contribution in [0.15, 0.2) is 78.9 Å². The van der Waals surface area contributed by atoms with E-state index in [9.17, 15) is 0 Å². The van der Waals surface area contributed by atoms with Gasteiger partial charge in [0.15, 0.2) is 0 Å². The SMILES string of the molecule is CC1(C)c2ccccc2-c2c1ccc1c2nc2n1c1cccc3c1n2c1nc2ccccc2n31. The third-order valence-electron chi connectivity index (χ3n) is 7.99. The molecule has 34 heavy (non-hydrogen) atoms. The molecule has 0 bridgehead atoms. The van der Waals surface area contributed by atoms with Gasteiger partial charge in [-0.15, -0.1) is 0 Å². The Morgan fingerprint density at radius 3 is 2.18 bits per heavy atom. The van der Waals surface area contributed by atoms with Gasteiger partial charge < -0.3 is 0 Å². The molecule has 5 nitrogen and oxygen atoms in total. The highest BCUT2D eigenvalue weighted by molar-refractivity contribution is 6.07. The number of hydrogen-bond donors (Lipinski definition) is 0. The van der Waals surface area contributed by atoms with Crippen LogP contribution in [-0.4, -0.2) is 23.2 Å². The third-order valence-corrected chi connectivity index (χ3v) is 7.99. The van der Waals surface area contributed by atoms with E-state index in [1.165, 1.54) is 27.8 Å². The van der Waals surface area contributed by atoms with Gasteiger partial charge in [-0.05, 0) is 47.0 Å². The number of para-hydroxylation sites is 3. The van der Waals surface area contributed by atoms with Crippen LogP contribution in [0, 0.1) is 0 Å². The first kappa shape index (κ1) is 17.1. The Morgan fingerprint density at radius 1 is 0.588 bits per heavy atom. The molecular weight excluding hydrogens is 418 g/mol. The quantitative estimate of drug-likeness (QED) is 0.274. The molecule has 0 spiro atoms. The molecule has 160 valence electrons. The monoisotopic (exact) mass is 437 g/mol. The number of nitrogens with zero attached hydrogens (tertiary/aromatic N) is 5. The molecule has 0 amide bonds. The molecule has 0 N–H and O–H groups in total. The van der Waals surface area contributed by atoms with Crippen LogP contribution >= 0.6 is 0 Å². The molecule has 4 aromatic carbocycles. The highest BCUT2D eigenvalue weighted by atomic mass is 15.3. The van der Waals surface area contributed by atoms with Gasteiger partial charge in [-0.3, -0.25) is 8.80 Å². The van der Waals surface area contributed by atoms with Crippen LogP contribution < -0.4 is 0 Å². The molecular formula is C29H19N5. The molecule has 0 fully saturated rings. The molecule has 0 saturated heterocycles. The summed E-state index contributed by atoms with van der Waals surface area (Å²) in [5.74, 6) is 1.83. The van der Waals surface area contributed by atoms with Gasteiger partial charge in [-0.2, -0.15) is 0 Å². The second-order valence-electron chi connectivity index (χ2n) is 9.99. The van der Waals surface area contributed by atoms with Crippen molar-refractivity contribution in [1.82, 2.24) is 23.2 Å². The van der Waals surface area contributed by atoms with Crippen molar-refractivity contribution in [2.75, 3.05) is 0 Å². The van der Waals surface area contributed by atoms with Crippen LogP contribution in [0.2, 0.25) is 0 Å². The van der Waals surface area contributed by atoms with Crippen molar-refractivity contribution in [1.29, 1.82) is 0 Å². The predicted octanol–water partition coefficient (Wildman–Crippen LogP) is 6.44. The number of fused-ring (bicyclic) bond motifs is 14. The molecule has 1 aliphatic carbocycles. The maximum absolute atomic E-state index is 5.33. The first-order chi connectivity index (χ1) is 16.6. The number of aromatic nitrogens is 5. The van der Waals surface area contributed by atoms with Gasteiger partial charge in [0.25, 0.3) is 0 Å². The Hall–Kier alpha value is -4.38. The minimum atomic E-state index is -0.0408. The second kappa shape index (κ2) is 5.23. The molecule has 0 saturated carbocycles. The summed E-state index contributed by atoms with van der Waals surface area (Å²) >= 11 is 0. The first-order valence-electron chi connectivity index (χ1n) is 11.7. The van der Waals surface area contributed by atoms with Crippen molar-refractivity contribution >= 4 is 50.2 Å². The minimum Gasteiger partial charge on any atom is -0.276 e. The van der Waals surface area contributed by atoms with E-state index < -0.39 is 0 Å². The molecule has 1 aliphatic rings. The summed E-state index contributed by atoms with van der Waals surface area (Å²) in [4.78, 5) is 10.4. The molecule has 0 radical (unpaired) electrons. The third kappa shape index (κ3) is 1.66. The average Bonchev–Trinajstić information content (AvgIpc) is 3.60. The number of hydrogen-bond acceptors (Lipinski definition) is 2. The number of benzene rings is 4. The Bertz CT molecular complexity index is 2150. The highest BCUT2D eigenvalue weighted by Gasteiger charge is 2.37. The maximum atomic E-state index is 5.33. The lowest BCUT2D eigenvalue weighted by Crippen LogP contribution is -2.14. The fourth-order valence-electron chi connectivity index (χ4n) is 6.50. The van der Waals surface area contributed by atoms with Crippen molar-refractivity contribution in [3.8, 4) is 11.1 Å².